The van der Waals surface area contributed by atoms with E-state index in [1.54, 1.807) is 0 Å². The van der Waals surface area contributed by atoms with Crippen LogP contribution < -0.4 is 21.3 Å². The summed E-state index contributed by atoms with van der Waals surface area (Å²) < 4.78 is 0. The average molecular weight is 739 g/mol. The van der Waals surface area contributed by atoms with Crippen molar-refractivity contribution in [2.24, 2.45) is 0 Å². The molecule has 3 aromatic rings. The molecule has 0 saturated heterocycles. The van der Waals surface area contributed by atoms with Crippen molar-refractivity contribution in [2.45, 2.75) is 77.7 Å². The largest absolute Gasteiger partial charge is 0.504 e. The number of hydrogen-bond donors (Lipinski definition) is 10. The molecule has 0 atom stereocenters. The van der Waals surface area contributed by atoms with Gasteiger partial charge in [0.15, 0.2) is 34.5 Å². The van der Waals surface area contributed by atoms with Crippen molar-refractivity contribution in [3.63, 3.8) is 0 Å². The van der Waals surface area contributed by atoms with Crippen LogP contribution in [0.25, 0.3) is 0 Å². The molecule has 3 aromatic carbocycles. The summed E-state index contributed by atoms with van der Waals surface area (Å²) in [5.74, 6) is -5.52. The lowest BCUT2D eigenvalue weighted by molar-refractivity contribution is -0.126. The highest BCUT2D eigenvalue weighted by molar-refractivity contribution is 5.98. The molecule has 3 rings (SSSR count). The number of benzene rings is 3. The molecular weight excluding hydrogens is 688 g/mol. The Labute approximate surface area is 308 Å². The molecular formula is C38H50N4O11. The van der Waals surface area contributed by atoms with E-state index in [1.807, 2.05) is 13.8 Å². The van der Waals surface area contributed by atoms with Gasteiger partial charge in [0.25, 0.3) is 17.7 Å². The topological polar surface area (TPSA) is 255 Å². The standard InChI is InChI=1S/C36H44N4O11.C2H6/c1-22(41)14-15-29(45)40-36(16-5-19-37-33(49)23-8-2-11-26(42)30(23)46,17-6-20-38-34(50)24-9-3-12-27(43)31(24)47)18-7-21-39-35(51)25-10-4-13-28(44)32(25)48;1-2/h2-4,8-13,42-44,46-48H,5-7,14-21H2,1H3,(H,37,49)(H,38,50)(H,39,51)(H,40,45);1-2H3. The number of ketones is 1. The van der Waals surface area contributed by atoms with E-state index in [2.05, 4.69) is 21.3 Å². The Kier molecular flexibility index (Phi) is 17.4. The highest BCUT2D eigenvalue weighted by atomic mass is 16.3. The molecule has 0 radical (unpaired) electrons. The fraction of sp³-hybridized carbons (Fsp3) is 0.395. The summed E-state index contributed by atoms with van der Waals surface area (Å²) in [4.78, 5) is 62.9. The summed E-state index contributed by atoms with van der Waals surface area (Å²) in [6.45, 7) is 5.70. The predicted molar refractivity (Wildman–Crippen MR) is 196 cm³/mol. The molecule has 0 saturated carbocycles. The Balaban J connectivity index is 0.00000477. The molecule has 10 N–H and O–H groups in total. The Morgan fingerprint density at radius 3 is 1.15 bits per heavy atom. The van der Waals surface area contributed by atoms with Crippen molar-refractivity contribution < 1.29 is 54.6 Å². The van der Waals surface area contributed by atoms with Crippen molar-refractivity contribution in [3.05, 3.63) is 71.3 Å². The summed E-state index contributed by atoms with van der Waals surface area (Å²) in [6.07, 6.45) is 1.81. The molecule has 0 bridgehead atoms. The number of amides is 4. The monoisotopic (exact) mass is 738 g/mol. The second-order valence-corrected chi connectivity index (χ2v) is 12.1. The third-order valence-corrected chi connectivity index (χ3v) is 8.24. The van der Waals surface area contributed by atoms with E-state index >= 15 is 0 Å². The molecule has 0 unspecified atom stereocenters. The van der Waals surface area contributed by atoms with Gasteiger partial charge in [0.2, 0.25) is 5.91 Å². The number of phenolic OH excluding ortho intramolecular Hbond substituents is 6. The van der Waals surface area contributed by atoms with Crippen molar-refractivity contribution in [1.29, 1.82) is 0 Å². The van der Waals surface area contributed by atoms with E-state index in [4.69, 9.17) is 0 Å². The second kappa shape index (κ2) is 21.4. The molecule has 0 heterocycles. The van der Waals surface area contributed by atoms with Gasteiger partial charge in [-0.3, -0.25) is 19.2 Å². The molecule has 0 aliphatic rings. The first-order chi connectivity index (χ1) is 25.2. The quantitative estimate of drug-likeness (QED) is 0.0619. The SMILES string of the molecule is CC.CC(=O)CCC(=O)NC(CCCNC(=O)c1cccc(O)c1O)(CCCNC(=O)c1cccc(O)c1O)CCCNC(=O)c1cccc(O)c1O. The van der Waals surface area contributed by atoms with E-state index < -0.39 is 63.7 Å². The summed E-state index contributed by atoms with van der Waals surface area (Å²) in [5, 5.41) is 70.6. The number of para-hydroxylation sites is 3. The van der Waals surface area contributed by atoms with Gasteiger partial charge in [-0.1, -0.05) is 32.0 Å². The van der Waals surface area contributed by atoms with Gasteiger partial charge in [0, 0.05) is 38.0 Å². The van der Waals surface area contributed by atoms with Crippen molar-refractivity contribution in [3.8, 4) is 34.5 Å². The third kappa shape index (κ3) is 13.3. The van der Waals surface area contributed by atoms with Gasteiger partial charge in [0.05, 0.1) is 16.7 Å². The molecule has 4 amide bonds. The zero-order valence-electron chi connectivity index (χ0n) is 30.2. The van der Waals surface area contributed by atoms with E-state index in [-0.39, 0.29) is 54.9 Å². The van der Waals surface area contributed by atoms with Crippen LogP contribution in [-0.4, -0.2) is 85.2 Å². The van der Waals surface area contributed by atoms with Crippen LogP contribution in [0.15, 0.2) is 54.6 Å². The van der Waals surface area contributed by atoms with Gasteiger partial charge in [0.1, 0.15) is 5.78 Å². The molecule has 0 aromatic heterocycles. The number of rotatable bonds is 19. The number of nitrogens with one attached hydrogen (secondary N) is 4. The van der Waals surface area contributed by atoms with Crippen LogP contribution in [0.4, 0.5) is 0 Å². The normalized spacial score (nSPS) is 10.7. The highest BCUT2D eigenvalue weighted by Gasteiger charge is 2.31. The Morgan fingerprint density at radius 1 is 0.528 bits per heavy atom. The summed E-state index contributed by atoms with van der Waals surface area (Å²) >= 11 is 0. The first-order valence-corrected chi connectivity index (χ1v) is 17.4. The predicted octanol–water partition coefficient (Wildman–Crippen LogP) is 4.10. The Hall–Kier alpha value is -5.99. The average Bonchev–Trinajstić information content (AvgIpc) is 3.13. The van der Waals surface area contributed by atoms with E-state index in [0.29, 0.717) is 38.5 Å². The van der Waals surface area contributed by atoms with Gasteiger partial charge in [-0.15, -0.1) is 0 Å². The van der Waals surface area contributed by atoms with Crippen molar-refractivity contribution in [1.82, 2.24) is 21.3 Å². The number of aromatic hydroxyl groups is 6. The molecule has 0 aliphatic heterocycles. The van der Waals surface area contributed by atoms with Crippen LogP contribution in [0, 0.1) is 0 Å². The zero-order chi connectivity index (χ0) is 39.6. The molecule has 288 valence electrons. The van der Waals surface area contributed by atoms with E-state index in [1.165, 1.54) is 61.5 Å². The number of hydrogen-bond acceptors (Lipinski definition) is 11. The molecule has 53 heavy (non-hydrogen) atoms. The number of Topliss-reactive ketones (excluding diaryl/α,β-unsaturated/α-hetero) is 1. The molecule has 15 nitrogen and oxygen atoms in total. The summed E-state index contributed by atoms with van der Waals surface area (Å²) in [5.41, 5.74) is -1.33. The lowest BCUT2D eigenvalue weighted by atomic mass is 9.83. The fourth-order valence-corrected chi connectivity index (χ4v) is 5.53. The second-order valence-electron chi connectivity index (χ2n) is 12.1. The van der Waals surface area contributed by atoms with Crippen LogP contribution in [0.2, 0.25) is 0 Å². The Morgan fingerprint density at radius 2 is 0.849 bits per heavy atom. The smallest absolute Gasteiger partial charge is 0.255 e. The number of carbonyl (C=O) groups excluding carboxylic acids is 5. The molecule has 0 aliphatic carbocycles. The minimum absolute atomic E-state index is 0.0122. The number of carbonyl (C=O) groups is 5. The molecule has 0 fully saturated rings. The minimum atomic E-state index is -0.957. The van der Waals surface area contributed by atoms with Crippen LogP contribution >= 0.6 is 0 Å². The van der Waals surface area contributed by atoms with Crippen LogP contribution in [0.5, 0.6) is 34.5 Å². The third-order valence-electron chi connectivity index (χ3n) is 8.24. The van der Waals surface area contributed by atoms with Crippen molar-refractivity contribution >= 4 is 29.4 Å². The zero-order valence-corrected chi connectivity index (χ0v) is 30.2. The van der Waals surface area contributed by atoms with Gasteiger partial charge >= 0.3 is 0 Å². The maximum atomic E-state index is 13.1. The van der Waals surface area contributed by atoms with Gasteiger partial charge in [-0.25, -0.2) is 0 Å². The minimum Gasteiger partial charge on any atom is -0.504 e. The fourth-order valence-electron chi connectivity index (χ4n) is 5.53. The number of phenols is 6. The van der Waals surface area contributed by atoms with E-state index in [0.717, 1.165) is 0 Å². The summed E-state index contributed by atoms with van der Waals surface area (Å²) in [7, 11) is 0. The summed E-state index contributed by atoms with van der Waals surface area (Å²) in [6, 6.07) is 12.0. The van der Waals surface area contributed by atoms with E-state index in [9.17, 15) is 54.6 Å². The van der Waals surface area contributed by atoms with Crippen LogP contribution in [0.1, 0.15) is 103 Å². The van der Waals surface area contributed by atoms with Crippen molar-refractivity contribution in [2.75, 3.05) is 19.6 Å². The molecule has 15 heteroatoms. The van der Waals surface area contributed by atoms with Crippen LogP contribution in [-0.2, 0) is 9.59 Å². The van der Waals surface area contributed by atoms with Gasteiger partial charge in [-0.2, -0.15) is 0 Å². The van der Waals surface area contributed by atoms with Gasteiger partial charge < -0.3 is 56.7 Å². The van der Waals surface area contributed by atoms with Gasteiger partial charge in [-0.05, 0) is 81.8 Å². The Bertz CT molecular complexity index is 1560. The highest BCUT2D eigenvalue weighted by Crippen LogP contribution is 2.31. The molecule has 0 spiro atoms. The lowest BCUT2D eigenvalue weighted by Crippen LogP contribution is -2.50. The first kappa shape index (κ1) is 43.2. The maximum Gasteiger partial charge on any atom is 0.255 e. The van der Waals surface area contributed by atoms with Crippen LogP contribution in [0.3, 0.4) is 0 Å². The lowest BCUT2D eigenvalue weighted by Gasteiger charge is -2.36. The first-order valence-electron chi connectivity index (χ1n) is 17.4. The maximum absolute atomic E-state index is 13.1.